The lowest BCUT2D eigenvalue weighted by Gasteiger charge is -2.08. The monoisotopic (exact) mass is 247 g/mol. The van der Waals surface area contributed by atoms with Gasteiger partial charge in [0, 0.05) is 0 Å². The molecular weight excluding hydrogens is 228 g/mol. The average molecular weight is 247 g/mol. The van der Waals surface area contributed by atoms with Gasteiger partial charge >= 0.3 is 5.97 Å². The maximum Gasteiger partial charge on any atom is 0.310 e. The summed E-state index contributed by atoms with van der Waals surface area (Å²) in [4.78, 5) is 11.6. The van der Waals surface area contributed by atoms with Gasteiger partial charge in [-0.1, -0.05) is 24.3 Å². The van der Waals surface area contributed by atoms with Crippen LogP contribution in [-0.2, 0) is 16.0 Å². The lowest BCUT2D eigenvalue weighted by molar-refractivity contribution is -0.142. The first-order chi connectivity index (χ1) is 9.89. The van der Waals surface area contributed by atoms with Crippen molar-refractivity contribution in [3.8, 4) is 5.75 Å². The Labute approximate surface area is 111 Å². The number of rotatable bonds is 4. The quantitative estimate of drug-likeness (QED) is 0.779. The summed E-state index contributed by atoms with van der Waals surface area (Å²) in [7, 11) is -2.50. The number of carbonyl (C=O) groups excluding carboxylic acids is 1. The van der Waals surface area contributed by atoms with Crippen molar-refractivity contribution in [2.45, 2.75) is 13.3 Å². The van der Waals surface area contributed by atoms with Gasteiger partial charge in [-0.3, -0.25) is 4.79 Å². The molecule has 0 spiro atoms. The molecule has 94 valence electrons. The van der Waals surface area contributed by atoms with Gasteiger partial charge in [-0.15, -0.1) is 0 Å². The number of carbonyl (C=O) groups is 1. The molecule has 0 unspecified atom stereocenters. The highest BCUT2D eigenvalue weighted by molar-refractivity contribution is 5.90. The van der Waals surface area contributed by atoms with Crippen molar-refractivity contribution in [3.05, 3.63) is 42.0 Å². The smallest absolute Gasteiger partial charge is 0.310 e. The van der Waals surface area contributed by atoms with E-state index in [2.05, 4.69) is 0 Å². The van der Waals surface area contributed by atoms with Crippen molar-refractivity contribution < 1.29 is 18.4 Å². The van der Waals surface area contributed by atoms with Gasteiger partial charge < -0.3 is 9.47 Å². The maximum absolute atomic E-state index is 11.6. The molecule has 3 heteroatoms. The zero-order valence-electron chi connectivity index (χ0n) is 13.1. The summed E-state index contributed by atoms with van der Waals surface area (Å²) in [6, 6.07) is 10.6. The number of esters is 1. The summed E-state index contributed by atoms with van der Waals surface area (Å²) in [6.45, 7) is 2.08. The minimum atomic E-state index is -2.50. The fourth-order valence-corrected chi connectivity index (χ4v) is 1.90. The Kier molecular flexibility index (Phi) is 2.76. The highest BCUT2D eigenvalue weighted by Gasteiger charge is 2.08. The van der Waals surface area contributed by atoms with E-state index < -0.39 is 7.04 Å². The number of benzene rings is 2. The third kappa shape index (κ3) is 2.62. The Morgan fingerprint density at radius 1 is 1.33 bits per heavy atom. The molecular formula is C15H16O3. The summed E-state index contributed by atoms with van der Waals surface area (Å²) < 4.78 is 31.3. The van der Waals surface area contributed by atoms with Gasteiger partial charge in [-0.25, -0.2) is 0 Å². The van der Waals surface area contributed by atoms with Crippen molar-refractivity contribution in [3.63, 3.8) is 0 Å². The number of methoxy groups -OCH3 is 1. The molecule has 0 saturated carbocycles. The Morgan fingerprint density at radius 3 is 3.00 bits per heavy atom. The van der Waals surface area contributed by atoms with Crippen LogP contribution in [0.2, 0.25) is 0 Å². The molecule has 0 aromatic heterocycles. The largest absolute Gasteiger partial charge is 0.497 e. The maximum atomic E-state index is 11.6. The van der Waals surface area contributed by atoms with Crippen LogP contribution in [0.5, 0.6) is 5.75 Å². The Balaban J connectivity index is 2.37. The molecule has 2 aromatic carbocycles. The van der Waals surface area contributed by atoms with Crippen molar-refractivity contribution >= 4 is 16.7 Å². The number of hydrogen-bond acceptors (Lipinski definition) is 3. The molecule has 0 aliphatic carbocycles. The van der Waals surface area contributed by atoms with Crippen LogP contribution < -0.4 is 4.74 Å². The van der Waals surface area contributed by atoms with Crippen LogP contribution in [0.25, 0.3) is 10.8 Å². The first-order valence-corrected chi connectivity index (χ1v) is 5.75. The molecule has 0 N–H and O–H groups in total. The molecule has 3 nitrogen and oxygen atoms in total. The fraction of sp³-hybridized carbons (Fsp3) is 0.267. The second kappa shape index (κ2) is 5.54. The second-order valence-electron chi connectivity index (χ2n) is 3.88. The molecule has 0 atom stereocenters. The predicted molar refractivity (Wildman–Crippen MR) is 70.8 cm³/mol. The molecule has 0 bridgehead atoms. The molecule has 2 aromatic rings. The van der Waals surface area contributed by atoms with E-state index in [4.69, 9.17) is 13.6 Å². The summed E-state index contributed by atoms with van der Waals surface area (Å²) >= 11 is 0. The van der Waals surface area contributed by atoms with Gasteiger partial charge in [0.25, 0.3) is 0 Å². The fourth-order valence-electron chi connectivity index (χ4n) is 1.90. The van der Waals surface area contributed by atoms with E-state index in [0.29, 0.717) is 6.61 Å². The Bertz CT molecular complexity index is 650. The number of fused-ring (bicyclic) bond motifs is 1. The molecule has 18 heavy (non-hydrogen) atoms. The molecule has 2 rings (SSSR count). The summed E-state index contributed by atoms with van der Waals surface area (Å²) in [5, 5.41) is 1.70. The van der Waals surface area contributed by atoms with E-state index in [9.17, 15) is 4.79 Å². The lowest BCUT2D eigenvalue weighted by Crippen LogP contribution is -2.07. The van der Waals surface area contributed by atoms with Crippen LogP contribution in [0, 0.1) is 0 Å². The Hall–Kier alpha value is -2.03. The zero-order chi connectivity index (χ0) is 15.5. The second-order valence-corrected chi connectivity index (χ2v) is 3.88. The van der Waals surface area contributed by atoms with Crippen molar-refractivity contribution in [1.29, 1.82) is 0 Å². The van der Waals surface area contributed by atoms with E-state index in [0.717, 1.165) is 16.3 Å². The van der Waals surface area contributed by atoms with E-state index in [-0.39, 0.29) is 18.1 Å². The standard InChI is InChI=1S/C15H16O3/c1-3-18-15(16)9-12-6-4-5-11-7-8-13(17-2)10-14(11)12/h4-8,10H,3,9H2,1-2H3/i2D3. The van der Waals surface area contributed by atoms with Crippen molar-refractivity contribution in [2.24, 2.45) is 0 Å². The zero-order valence-corrected chi connectivity index (χ0v) is 10.1. The molecule has 0 aliphatic heterocycles. The molecule has 0 fully saturated rings. The molecule has 0 radical (unpaired) electrons. The van der Waals surface area contributed by atoms with Gasteiger partial charge in [0.15, 0.2) is 0 Å². The molecule has 0 heterocycles. The first-order valence-electron chi connectivity index (χ1n) is 7.25. The van der Waals surface area contributed by atoms with E-state index in [1.165, 1.54) is 0 Å². The van der Waals surface area contributed by atoms with Crippen LogP contribution in [0.1, 0.15) is 16.6 Å². The van der Waals surface area contributed by atoms with Crippen LogP contribution in [0.15, 0.2) is 36.4 Å². The third-order valence-electron chi connectivity index (χ3n) is 2.70. The van der Waals surface area contributed by atoms with Crippen LogP contribution >= 0.6 is 0 Å². The van der Waals surface area contributed by atoms with Gasteiger partial charge in [0.1, 0.15) is 5.75 Å². The topological polar surface area (TPSA) is 35.5 Å². The van der Waals surface area contributed by atoms with Gasteiger partial charge in [-0.2, -0.15) is 0 Å². The number of hydrogen-bond donors (Lipinski definition) is 0. The van der Waals surface area contributed by atoms with E-state index in [1.54, 1.807) is 25.1 Å². The summed E-state index contributed by atoms with van der Waals surface area (Å²) in [6.07, 6.45) is 0.141. The average Bonchev–Trinajstić information content (AvgIpc) is 2.38. The first kappa shape index (κ1) is 8.97. The molecule has 0 saturated heterocycles. The summed E-state index contributed by atoms with van der Waals surface area (Å²) in [5.74, 6) is -0.0639. The SMILES string of the molecule is [2H]C([2H])([2H])Oc1ccc2cccc(CC(=O)OCC)c2c1. The van der Waals surface area contributed by atoms with Crippen LogP contribution in [0.3, 0.4) is 0 Å². The van der Waals surface area contributed by atoms with Gasteiger partial charge in [0.05, 0.1) is 24.2 Å². The van der Waals surface area contributed by atoms with Crippen molar-refractivity contribution in [2.75, 3.05) is 13.6 Å². The van der Waals surface area contributed by atoms with Gasteiger partial charge in [0.2, 0.25) is 0 Å². The Morgan fingerprint density at radius 2 is 2.22 bits per heavy atom. The predicted octanol–water partition coefficient (Wildman–Crippen LogP) is 2.95. The van der Waals surface area contributed by atoms with E-state index in [1.807, 2.05) is 18.2 Å². The number of ether oxygens (including phenoxy) is 2. The van der Waals surface area contributed by atoms with Crippen LogP contribution in [0.4, 0.5) is 0 Å². The van der Waals surface area contributed by atoms with E-state index >= 15 is 0 Å². The lowest BCUT2D eigenvalue weighted by atomic mass is 10.0. The summed E-state index contributed by atoms with van der Waals surface area (Å²) in [5.41, 5.74) is 0.780. The highest BCUT2D eigenvalue weighted by atomic mass is 16.5. The van der Waals surface area contributed by atoms with Gasteiger partial charge in [-0.05, 0) is 35.4 Å². The van der Waals surface area contributed by atoms with Crippen LogP contribution in [-0.4, -0.2) is 19.6 Å². The molecule has 0 amide bonds. The normalized spacial score (nSPS) is 13.5. The minimum Gasteiger partial charge on any atom is -0.497 e. The minimum absolute atomic E-state index is 0.141. The molecule has 0 aliphatic rings. The third-order valence-corrected chi connectivity index (χ3v) is 2.70. The van der Waals surface area contributed by atoms with Crippen molar-refractivity contribution in [1.82, 2.24) is 0 Å². The highest BCUT2D eigenvalue weighted by Crippen LogP contribution is 2.24.